The predicted octanol–water partition coefficient (Wildman–Crippen LogP) is 3.79. The average molecular weight is 348 g/mol. The highest BCUT2D eigenvalue weighted by Gasteiger charge is 2.08. The summed E-state index contributed by atoms with van der Waals surface area (Å²) in [5, 5.41) is 8.82. The highest BCUT2D eigenvalue weighted by Crippen LogP contribution is 2.34. The Balaban J connectivity index is 1.89. The monoisotopic (exact) mass is 347 g/mol. The van der Waals surface area contributed by atoms with Crippen molar-refractivity contribution in [2.75, 3.05) is 20.3 Å². The first-order chi connectivity index (χ1) is 10.2. The molecule has 0 amide bonds. The first-order valence-corrected chi connectivity index (χ1v) is 7.12. The number of halogens is 1. The SMILES string of the molecule is COc1cccc(Br)c1OCCOc1cccc(C#N)c1. The summed E-state index contributed by atoms with van der Waals surface area (Å²) in [6.45, 7) is 0.745. The number of methoxy groups -OCH3 is 1. The third-order valence-corrected chi connectivity index (χ3v) is 3.34. The lowest BCUT2D eigenvalue weighted by atomic mass is 10.2. The lowest BCUT2D eigenvalue weighted by molar-refractivity contribution is 0.210. The Bertz CT molecular complexity index is 652. The first kappa shape index (κ1) is 15.2. The van der Waals surface area contributed by atoms with Crippen molar-refractivity contribution in [3.63, 3.8) is 0 Å². The summed E-state index contributed by atoms with van der Waals surface area (Å²) in [5.74, 6) is 1.96. The van der Waals surface area contributed by atoms with Gasteiger partial charge in [-0.2, -0.15) is 5.26 Å². The van der Waals surface area contributed by atoms with Gasteiger partial charge in [0.15, 0.2) is 11.5 Å². The second-order valence-corrected chi connectivity index (χ2v) is 4.96. The van der Waals surface area contributed by atoms with Gasteiger partial charge in [-0.25, -0.2) is 0 Å². The number of ether oxygens (including phenoxy) is 3. The van der Waals surface area contributed by atoms with Crippen LogP contribution in [0.3, 0.4) is 0 Å². The van der Waals surface area contributed by atoms with Gasteiger partial charge in [-0.1, -0.05) is 12.1 Å². The molecule has 108 valence electrons. The number of nitriles is 1. The zero-order chi connectivity index (χ0) is 15.1. The van der Waals surface area contributed by atoms with E-state index in [0.29, 0.717) is 36.0 Å². The molecule has 0 saturated heterocycles. The molecule has 2 rings (SSSR count). The Kier molecular flexibility index (Phi) is 5.47. The lowest BCUT2D eigenvalue weighted by Crippen LogP contribution is -2.10. The Morgan fingerprint density at radius 2 is 1.86 bits per heavy atom. The Morgan fingerprint density at radius 1 is 1.10 bits per heavy atom. The van der Waals surface area contributed by atoms with Gasteiger partial charge in [-0.3, -0.25) is 0 Å². The van der Waals surface area contributed by atoms with E-state index < -0.39 is 0 Å². The lowest BCUT2D eigenvalue weighted by Gasteiger charge is -2.12. The molecule has 0 heterocycles. The van der Waals surface area contributed by atoms with E-state index >= 15 is 0 Å². The molecular weight excluding hydrogens is 334 g/mol. The van der Waals surface area contributed by atoms with Gasteiger partial charge in [-0.05, 0) is 46.3 Å². The van der Waals surface area contributed by atoms with E-state index in [0.717, 1.165) is 4.47 Å². The van der Waals surface area contributed by atoms with Crippen LogP contribution < -0.4 is 14.2 Å². The Labute approximate surface area is 132 Å². The Hall–Kier alpha value is -2.19. The van der Waals surface area contributed by atoms with Crippen LogP contribution in [0.15, 0.2) is 46.9 Å². The zero-order valence-corrected chi connectivity index (χ0v) is 13.1. The Morgan fingerprint density at radius 3 is 2.62 bits per heavy atom. The van der Waals surface area contributed by atoms with Crippen molar-refractivity contribution in [2.24, 2.45) is 0 Å². The van der Waals surface area contributed by atoms with Crippen LogP contribution in [0.25, 0.3) is 0 Å². The van der Waals surface area contributed by atoms with Gasteiger partial charge in [0.1, 0.15) is 19.0 Å². The number of rotatable bonds is 6. The summed E-state index contributed by atoms with van der Waals surface area (Å²) in [4.78, 5) is 0. The van der Waals surface area contributed by atoms with Crippen molar-refractivity contribution < 1.29 is 14.2 Å². The molecule has 0 bridgehead atoms. The van der Waals surface area contributed by atoms with Crippen LogP contribution in [0, 0.1) is 11.3 Å². The molecule has 0 radical (unpaired) electrons. The van der Waals surface area contributed by atoms with Gasteiger partial charge in [-0.15, -0.1) is 0 Å². The first-order valence-electron chi connectivity index (χ1n) is 6.33. The van der Waals surface area contributed by atoms with Crippen molar-refractivity contribution in [3.8, 4) is 23.3 Å². The quantitative estimate of drug-likeness (QED) is 0.746. The number of hydrogen-bond acceptors (Lipinski definition) is 4. The van der Waals surface area contributed by atoms with E-state index in [1.54, 1.807) is 31.4 Å². The maximum Gasteiger partial charge on any atom is 0.175 e. The zero-order valence-electron chi connectivity index (χ0n) is 11.5. The molecule has 0 atom stereocenters. The molecule has 0 aromatic heterocycles. The molecular formula is C16H14BrNO3. The topological polar surface area (TPSA) is 51.5 Å². The van der Waals surface area contributed by atoms with Crippen molar-refractivity contribution in [1.29, 1.82) is 5.26 Å². The fraction of sp³-hybridized carbons (Fsp3) is 0.188. The van der Waals surface area contributed by atoms with Crippen molar-refractivity contribution in [1.82, 2.24) is 0 Å². The molecule has 0 aliphatic heterocycles. The highest BCUT2D eigenvalue weighted by molar-refractivity contribution is 9.10. The molecule has 5 heteroatoms. The molecule has 0 fully saturated rings. The molecule has 0 saturated carbocycles. The molecule has 0 aliphatic carbocycles. The molecule has 4 nitrogen and oxygen atoms in total. The minimum Gasteiger partial charge on any atom is -0.493 e. The van der Waals surface area contributed by atoms with Crippen LogP contribution in [0.5, 0.6) is 17.2 Å². The van der Waals surface area contributed by atoms with Crippen LogP contribution in [0.4, 0.5) is 0 Å². The fourth-order valence-electron chi connectivity index (χ4n) is 1.75. The molecule has 0 unspecified atom stereocenters. The van der Waals surface area contributed by atoms with Crippen LogP contribution in [0.1, 0.15) is 5.56 Å². The van der Waals surface area contributed by atoms with Crippen LogP contribution in [-0.4, -0.2) is 20.3 Å². The van der Waals surface area contributed by atoms with Gasteiger partial charge < -0.3 is 14.2 Å². The van der Waals surface area contributed by atoms with E-state index in [9.17, 15) is 0 Å². The van der Waals surface area contributed by atoms with Gasteiger partial charge >= 0.3 is 0 Å². The summed E-state index contributed by atoms with van der Waals surface area (Å²) in [7, 11) is 1.60. The predicted molar refractivity (Wildman–Crippen MR) is 82.8 cm³/mol. The standard InChI is InChI=1S/C16H14BrNO3/c1-19-15-7-3-6-14(17)16(15)21-9-8-20-13-5-2-4-12(10-13)11-18/h2-7,10H,8-9H2,1H3. The minimum absolute atomic E-state index is 0.371. The molecule has 0 N–H and O–H groups in total. The minimum atomic E-state index is 0.371. The summed E-state index contributed by atoms with van der Waals surface area (Å²) in [5.41, 5.74) is 0.570. The van der Waals surface area contributed by atoms with Crippen molar-refractivity contribution in [3.05, 3.63) is 52.5 Å². The number of para-hydroxylation sites is 1. The van der Waals surface area contributed by atoms with Crippen LogP contribution in [0.2, 0.25) is 0 Å². The van der Waals surface area contributed by atoms with Gasteiger partial charge in [0.2, 0.25) is 0 Å². The summed E-state index contributed by atoms with van der Waals surface area (Å²) in [6, 6.07) is 14.7. The maximum absolute atomic E-state index is 8.82. The molecule has 21 heavy (non-hydrogen) atoms. The average Bonchev–Trinajstić information content (AvgIpc) is 2.52. The van der Waals surface area contributed by atoms with E-state index in [1.807, 2.05) is 18.2 Å². The van der Waals surface area contributed by atoms with Gasteiger partial charge in [0.25, 0.3) is 0 Å². The van der Waals surface area contributed by atoms with Gasteiger partial charge in [0.05, 0.1) is 23.2 Å². The highest BCUT2D eigenvalue weighted by atomic mass is 79.9. The second kappa shape index (κ2) is 7.55. The molecule has 2 aromatic carbocycles. The summed E-state index contributed by atoms with van der Waals surface area (Å²) in [6.07, 6.45) is 0. The van der Waals surface area contributed by atoms with E-state index in [2.05, 4.69) is 22.0 Å². The largest absolute Gasteiger partial charge is 0.493 e. The van der Waals surface area contributed by atoms with E-state index in [1.165, 1.54) is 0 Å². The normalized spacial score (nSPS) is 9.76. The van der Waals surface area contributed by atoms with Crippen LogP contribution >= 0.6 is 15.9 Å². The van der Waals surface area contributed by atoms with Crippen molar-refractivity contribution in [2.45, 2.75) is 0 Å². The third-order valence-electron chi connectivity index (χ3n) is 2.71. The third kappa shape index (κ3) is 4.14. The molecule has 0 aliphatic rings. The molecule has 2 aromatic rings. The van der Waals surface area contributed by atoms with Gasteiger partial charge in [0, 0.05) is 0 Å². The fourth-order valence-corrected chi connectivity index (χ4v) is 2.21. The number of nitrogens with zero attached hydrogens (tertiary/aromatic N) is 1. The number of benzene rings is 2. The van der Waals surface area contributed by atoms with Crippen LogP contribution in [-0.2, 0) is 0 Å². The summed E-state index contributed by atoms with van der Waals surface area (Å²) >= 11 is 3.42. The smallest absolute Gasteiger partial charge is 0.175 e. The maximum atomic E-state index is 8.82. The van der Waals surface area contributed by atoms with E-state index in [-0.39, 0.29) is 0 Å². The van der Waals surface area contributed by atoms with Crippen molar-refractivity contribution >= 4 is 15.9 Å². The summed E-state index contributed by atoms with van der Waals surface area (Å²) < 4.78 is 17.3. The van der Waals surface area contributed by atoms with E-state index in [4.69, 9.17) is 19.5 Å². The number of hydrogen-bond donors (Lipinski definition) is 0. The second-order valence-electron chi connectivity index (χ2n) is 4.11. The molecule has 0 spiro atoms.